The molecule has 0 saturated carbocycles. The zero-order valence-electron chi connectivity index (χ0n) is 13.4. The van der Waals surface area contributed by atoms with Crippen molar-refractivity contribution >= 4 is 28.1 Å². The van der Waals surface area contributed by atoms with Crippen LogP contribution < -0.4 is 5.32 Å². The quantitative estimate of drug-likeness (QED) is 0.680. The fraction of sp³-hybridized carbons (Fsp3) is 0.400. The number of aromatic nitrogens is 2. The van der Waals surface area contributed by atoms with Gasteiger partial charge in [0.25, 0.3) is 11.6 Å². The van der Waals surface area contributed by atoms with E-state index in [-0.39, 0.29) is 16.7 Å². The van der Waals surface area contributed by atoms with E-state index in [0.717, 1.165) is 11.4 Å². The molecule has 2 aromatic rings. The Morgan fingerprint density at radius 1 is 1.35 bits per heavy atom. The molecule has 0 spiro atoms. The van der Waals surface area contributed by atoms with Crippen molar-refractivity contribution in [2.24, 2.45) is 5.41 Å². The molecule has 0 aliphatic rings. The van der Waals surface area contributed by atoms with E-state index in [1.807, 2.05) is 0 Å². The van der Waals surface area contributed by atoms with E-state index >= 15 is 0 Å². The maximum Gasteiger partial charge on any atom is 0.273 e. The summed E-state index contributed by atoms with van der Waals surface area (Å²) >= 11 is 1.31. The Hall–Kier alpha value is -2.35. The molecule has 7 nitrogen and oxygen atoms in total. The molecule has 8 heteroatoms. The highest BCUT2D eigenvalue weighted by Crippen LogP contribution is 2.26. The third-order valence-electron chi connectivity index (χ3n) is 3.12. The number of nitro benzene ring substituents is 1. The number of anilines is 1. The second-order valence-electron chi connectivity index (χ2n) is 6.40. The normalized spacial score (nSPS) is 11.3. The van der Waals surface area contributed by atoms with Gasteiger partial charge < -0.3 is 0 Å². The van der Waals surface area contributed by atoms with E-state index in [9.17, 15) is 14.9 Å². The van der Waals surface area contributed by atoms with Crippen LogP contribution in [0.5, 0.6) is 0 Å². The van der Waals surface area contributed by atoms with E-state index in [1.165, 1.54) is 23.5 Å². The number of nitrogens with one attached hydrogen (secondary N) is 1. The standard InChI is InChI=1S/C15H18N4O3S/c1-9-10(6-5-7-11(9)19(21)22)13(20)16-14-18-17-12(23-14)8-15(2,3)4/h5-7H,8H2,1-4H3,(H,16,18,20). The van der Waals surface area contributed by atoms with Gasteiger partial charge in [0.05, 0.1) is 4.92 Å². The molecule has 2 rings (SSSR count). The summed E-state index contributed by atoms with van der Waals surface area (Å²) in [7, 11) is 0. The molecule has 0 saturated heterocycles. The van der Waals surface area contributed by atoms with Gasteiger partial charge in [-0.25, -0.2) is 0 Å². The molecular formula is C15H18N4O3S. The van der Waals surface area contributed by atoms with E-state index < -0.39 is 10.8 Å². The van der Waals surface area contributed by atoms with Crippen LogP contribution in [0.25, 0.3) is 0 Å². The molecule has 0 aliphatic carbocycles. The molecule has 1 heterocycles. The predicted octanol–water partition coefficient (Wildman–Crippen LogP) is 3.60. The Kier molecular flexibility index (Phi) is 4.74. The van der Waals surface area contributed by atoms with E-state index in [2.05, 4.69) is 36.3 Å². The molecule has 122 valence electrons. The first-order chi connectivity index (χ1) is 10.7. The Labute approximate surface area is 137 Å². The van der Waals surface area contributed by atoms with Crippen molar-refractivity contribution in [3.8, 4) is 0 Å². The van der Waals surface area contributed by atoms with Crippen LogP contribution in [0.2, 0.25) is 0 Å². The smallest absolute Gasteiger partial charge is 0.273 e. The fourth-order valence-electron chi connectivity index (χ4n) is 2.06. The van der Waals surface area contributed by atoms with Gasteiger partial charge in [-0.2, -0.15) is 0 Å². The number of nitro groups is 1. The summed E-state index contributed by atoms with van der Waals surface area (Å²) in [5.41, 5.74) is 0.585. The van der Waals surface area contributed by atoms with Gasteiger partial charge >= 0.3 is 0 Å². The lowest BCUT2D eigenvalue weighted by atomic mass is 9.93. The maximum atomic E-state index is 12.3. The summed E-state index contributed by atoms with van der Waals surface area (Å²) in [5.74, 6) is -0.426. The van der Waals surface area contributed by atoms with Crippen molar-refractivity contribution in [2.45, 2.75) is 34.1 Å². The van der Waals surface area contributed by atoms with Gasteiger partial charge in [0.15, 0.2) is 0 Å². The first-order valence-electron chi connectivity index (χ1n) is 7.05. The van der Waals surface area contributed by atoms with Gasteiger partial charge in [-0.1, -0.05) is 38.2 Å². The summed E-state index contributed by atoms with van der Waals surface area (Å²) in [6, 6.07) is 4.42. The first kappa shape index (κ1) is 17.0. The third-order valence-corrected chi connectivity index (χ3v) is 3.95. The summed E-state index contributed by atoms with van der Waals surface area (Å²) in [6.45, 7) is 7.84. The lowest BCUT2D eigenvalue weighted by Gasteiger charge is -2.14. The van der Waals surface area contributed by atoms with Crippen molar-refractivity contribution in [2.75, 3.05) is 5.32 Å². The Morgan fingerprint density at radius 3 is 2.65 bits per heavy atom. The Bertz CT molecular complexity index is 749. The lowest BCUT2D eigenvalue weighted by Crippen LogP contribution is -2.14. The molecule has 0 unspecified atom stereocenters. The first-order valence-corrected chi connectivity index (χ1v) is 7.87. The average molecular weight is 334 g/mol. The van der Waals surface area contributed by atoms with Gasteiger partial charge in [0, 0.05) is 23.6 Å². The summed E-state index contributed by atoms with van der Waals surface area (Å²) in [6.07, 6.45) is 0.760. The number of rotatable bonds is 4. The van der Waals surface area contributed by atoms with Crippen molar-refractivity contribution in [3.05, 3.63) is 44.4 Å². The maximum absolute atomic E-state index is 12.3. The minimum absolute atomic E-state index is 0.0802. The molecule has 0 bridgehead atoms. The van der Waals surface area contributed by atoms with E-state index in [0.29, 0.717) is 10.7 Å². The topological polar surface area (TPSA) is 98.0 Å². The van der Waals surface area contributed by atoms with Crippen LogP contribution >= 0.6 is 11.3 Å². The van der Waals surface area contributed by atoms with Crippen molar-refractivity contribution in [1.29, 1.82) is 0 Å². The van der Waals surface area contributed by atoms with Gasteiger partial charge in [-0.3, -0.25) is 20.2 Å². The van der Waals surface area contributed by atoms with Crippen LogP contribution in [0.15, 0.2) is 18.2 Å². The highest BCUT2D eigenvalue weighted by atomic mass is 32.1. The molecule has 1 N–H and O–H groups in total. The van der Waals surface area contributed by atoms with Crippen LogP contribution in [0.3, 0.4) is 0 Å². The van der Waals surface area contributed by atoms with Crippen LogP contribution in [-0.4, -0.2) is 21.0 Å². The highest BCUT2D eigenvalue weighted by Gasteiger charge is 2.20. The van der Waals surface area contributed by atoms with Crippen molar-refractivity contribution in [1.82, 2.24) is 10.2 Å². The summed E-state index contributed by atoms with van der Waals surface area (Å²) in [4.78, 5) is 22.8. The molecule has 0 radical (unpaired) electrons. The number of amides is 1. The molecule has 1 aromatic carbocycles. The number of hydrogen-bond donors (Lipinski definition) is 1. The van der Waals surface area contributed by atoms with Crippen LogP contribution in [0.1, 0.15) is 41.7 Å². The molecule has 0 fully saturated rings. The molecule has 0 aliphatic heterocycles. The zero-order chi connectivity index (χ0) is 17.2. The minimum Gasteiger partial charge on any atom is -0.296 e. The van der Waals surface area contributed by atoms with Crippen molar-refractivity contribution < 1.29 is 9.72 Å². The summed E-state index contributed by atoms with van der Waals surface area (Å²) in [5, 5.41) is 22.8. The highest BCUT2D eigenvalue weighted by molar-refractivity contribution is 7.15. The van der Waals surface area contributed by atoms with Crippen molar-refractivity contribution in [3.63, 3.8) is 0 Å². The summed E-state index contributed by atoms with van der Waals surface area (Å²) < 4.78 is 0. The Balaban J connectivity index is 2.17. The second kappa shape index (κ2) is 6.41. The van der Waals surface area contributed by atoms with E-state index in [4.69, 9.17) is 0 Å². The minimum atomic E-state index is -0.501. The molecule has 1 aromatic heterocycles. The monoisotopic (exact) mass is 334 g/mol. The van der Waals surface area contributed by atoms with Crippen LogP contribution in [0, 0.1) is 22.5 Å². The molecule has 0 atom stereocenters. The van der Waals surface area contributed by atoms with E-state index in [1.54, 1.807) is 13.0 Å². The fourth-order valence-corrected chi connectivity index (χ4v) is 3.10. The Morgan fingerprint density at radius 2 is 2.04 bits per heavy atom. The number of hydrogen-bond acceptors (Lipinski definition) is 6. The number of nitrogens with zero attached hydrogens (tertiary/aromatic N) is 3. The van der Waals surface area contributed by atoms with Gasteiger partial charge in [-0.15, -0.1) is 10.2 Å². The SMILES string of the molecule is Cc1c(C(=O)Nc2nnc(CC(C)(C)C)s2)cccc1[N+](=O)[O-]. The molecule has 23 heavy (non-hydrogen) atoms. The average Bonchev–Trinajstić information content (AvgIpc) is 2.83. The zero-order valence-corrected chi connectivity index (χ0v) is 14.2. The lowest BCUT2D eigenvalue weighted by molar-refractivity contribution is -0.385. The third kappa shape index (κ3) is 4.32. The molecule has 1 amide bonds. The van der Waals surface area contributed by atoms with Crippen LogP contribution in [-0.2, 0) is 6.42 Å². The largest absolute Gasteiger partial charge is 0.296 e. The number of carbonyl (C=O) groups is 1. The van der Waals surface area contributed by atoms with Gasteiger partial charge in [0.1, 0.15) is 5.01 Å². The number of carbonyl (C=O) groups excluding carboxylic acids is 1. The number of benzene rings is 1. The second-order valence-corrected chi connectivity index (χ2v) is 7.46. The van der Waals surface area contributed by atoms with Gasteiger partial charge in [-0.05, 0) is 18.4 Å². The molecular weight excluding hydrogens is 316 g/mol. The van der Waals surface area contributed by atoms with Crippen LogP contribution in [0.4, 0.5) is 10.8 Å². The van der Waals surface area contributed by atoms with Gasteiger partial charge in [0.2, 0.25) is 5.13 Å². The predicted molar refractivity (Wildman–Crippen MR) is 88.9 cm³/mol.